The summed E-state index contributed by atoms with van der Waals surface area (Å²) < 4.78 is 6.21. The number of nitrogens with one attached hydrogen (secondary N) is 2. The summed E-state index contributed by atoms with van der Waals surface area (Å²) in [6, 6.07) is 5.43. The van der Waals surface area contributed by atoms with Crippen LogP contribution in [0.25, 0.3) is 10.2 Å². The minimum Gasteiger partial charge on any atom is -0.381 e. The van der Waals surface area contributed by atoms with Gasteiger partial charge >= 0.3 is 6.03 Å². The van der Waals surface area contributed by atoms with Crippen LogP contribution in [0.4, 0.5) is 9.93 Å². The molecule has 0 unspecified atom stereocenters. The van der Waals surface area contributed by atoms with Crippen LogP contribution >= 0.6 is 22.9 Å². The van der Waals surface area contributed by atoms with Gasteiger partial charge in [-0.15, -0.1) is 0 Å². The molecule has 5 nitrogen and oxygen atoms in total. The third kappa shape index (κ3) is 3.20. The molecule has 1 aliphatic rings. The van der Waals surface area contributed by atoms with Crippen LogP contribution in [0.2, 0.25) is 5.02 Å². The van der Waals surface area contributed by atoms with Crippen LogP contribution in [0.15, 0.2) is 18.2 Å². The van der Waals surface area contributed by atoms with Crippen molar-refractivity contribution in [2.45, 2.75) is 18.9 Å². The number of anilines is 1. The maximum absolute atomic E-state index is 11.9. The molecule has 7 heteroatoms. The second-order valence-electron chi connectivity index (χ2n) is 4.62. The minimum atomic E-state index is -0.220. The molecule has 1 aromatic carbocycles. The fourth-order valence-electron chi connectivity index (χ4n) is 2.11. The van der Waals surface area contributed by atoms with Gasteiger partial charge in [-0.05, 0) is 31.0 Å². The molecule has 2 N–H and O–H groups in total. The van der Waals surface area contributed by atoms with Gasteiger partial charge in [0.15, 0.2) is 5.13 Å². The summed E-state index contributed by atoms with van der Waals surface area (Å²) in [7, 11) is 0. The zero-order valence-electron chi connectivity index (χ0n) is 10.7. The van der Waals surface area contributed by atoms with Crippen molar-refractivity contribution in [1.29, 1.82) is 0 Å². The van der Waals surface area contributed by atoms with E-state index in [0.717, 1.165) is 23.1 Å². The van der Waals surface area contributed by atoms with Gasteiger partial charge in [0.2, 0.25) is 0 Å². The van der Waals surface area contributed by atoms with Crippen molar-refractivity contribution in [3.05, 3.63) is 23.2 Å². The lowest BCUT2D eigenvalue weighted by molar-refractivity contribution is 0.0806. The summed E-state index contributed by atoms with van der Waals surface area (Å²) in [5.74, 6) is 0. The van der Waals surface area contributed by atoms with Gasteiger partial charge in [0.05, 0.1) is 10.2 Å². The van der Waals surface area contributed by atoms with Crippen molar-refractivity contribution in [2.75, 3.05) is 18.5 Å². The van der Waals surface area contributed by atoms with E-state index in [4.69, 9.17) is 16.3 Å². The van der Waals surface area contributed by atoms with Gasteiger partial charge < -0.3 is 10.1 Å². The van der Waals surface area contributed by atoms with Crippen LogP contribution in [-0.2, 0) is 4.74 Å². The van der Waals surface area contributed by atoms with E-state index >= 15 is 0 Å². The highest BCUT2D eigenvalue weighted by Gasteiger charge is 2.16. The highest BCUT2D eigenvalue weighted by molar-refractivity contribution is 7.22. The molecule has 3 rings (SSSR count). The summed E-state index contributed by atoms with van der Waals surface area (Å²) in [5, 5.41) is 6.95. The van der Waals surface area contributed by atoms with E-state index in [1.54, 1.807) is 6.07 Å². The van der Waals surface area contributed by atoms with Crippen molar-refractivity contribution in [2.24, 2.45) is 0 Å². The summed E-state index contributed by atoms with van der Waals surface area (Å²) in [5.41, 5.74) is 0.834. The Kier molecular flexibility index (Phi) is 4.05. The number of halogens is 1. The van der Waals surface area contributed by atoms with E-state index in [1.165, 1.54) is 11.3 Å². The topological polar surface area (TPSA) is 63.2 Å². The Morgan fingerprint density at radius 2 is 2.20 bits per heavy atom. The molecule has 0 atom stereocenters. The van der Waals surface area contributed by atoms with Gasteiger partial charge in [-0.1, -0.05) is 22.9 Å². The number of ether oxygens (including phenoxy) is 1. The van der Waals surface area contributed by atoms with Gasteiger partial charge in [0, 0.05) is 24.3 Å². The van der Waals surface area contributed by atoms with Crippen LogP contribution in [0.1, 0.15) is 12.8 Å². The fourth-order valence-corrected chi connectivity index (χ4v) is 3.25. The molecule has 0 spiro atoms. The van der Waals surface area contributed by atoms with E-state index in [-0.39, 0.29) is 12.1 Å². The van der Waals surface area contributed by atoms with E-state index in [1.807, 2.05) is 12.1 Å². The SMILES string of the molecule is O=C(Nc1nc2ccc(Cl)cc2s1)NC1CCOCC1. The normalized spacial score (nSPS) is 16.2. The van der Waals surface area contributed by atoms with Crippen LogP contribution in [-0.4, -0.2) is 30.3 Å². The molecule has 0 bridgehead atoms. The third-order valence-corrected chi connectivity index (χ3v) is 4.30. The first kappa shape index (κ1) is 13.6. The van der Waals surface area contributed by atoms with Gasteiger partial charge in [-0.3, -0.25) is 5.32 Å². The molecule has 1 aromatic heterocycles. The van der Waals surface area contributed by atoms with Crippen molar-refractivity contribution in [1.82, 2.24) is 10.3 Å². The standard InChI is InChI=1S/C13H14ClN3O2S/c14-8-1-2-10-11(7-8)20-13(16-10)17-12(18)15-9-3-5-19-6-4-9/h1-2,7,9H,3-6H2,(H2,15,16,17,18). The van der Waals surface area contributed by atoms with Gasteiger partial charge in [0.25, 0.3) is 0 Å². The van der Waals surface area contributed by atoms with Crippen LogP contribution in [0.5, 0.6) is 0 Å². The predicted octanol–water partition coefficient (Wildman–Crippen LogP) is 3.25. The number of amides is 2. The Bertz CT molecular complexity index is 625. The Hall–Kier alpha value is -1.37. The molecule has 106 valence electrons. The third-order valence-electron chi connectivity index (χ3n) is 3.13. The lowest BCUT2D eigenvalue weighted by atomic mass is 10.1. The number of carbonyl (C=O) groups excluding carboxylic acids is 1. The van der Waals surface area contributed by atoms with Gasteiger partial charge in [-0.25, -0.2) is 9.78 Å². The van der Waals surface area contributed by atoms with Gasteiger partial charge in [0.1, 0.15) is 0 Å². The molecule has 1 saturated heterocycles. The fraction of sp³-hybridized carbons (Fsp3) is 0.385. The highest BCUT2D eigenvalue weighted by Crippen LogP contribution is 2.28. The predicted molar refractivity (Wildman–Crippen MR) is 80.6 cm³/mol. The molecule has 0 aliphatic carbocycles. The second-order valence-corrected chi connectivity index (χ2v) is 6.08. The summed E-state index contributed by atoms with van der Waals surface area (Å²) in [6.45, 7) is 1.40. The van der Waals surface area contributed by atoms with E-state index in [2.05, 4.69) is 15.6 Å². The zero-order chi connectivity index (χ0) is 13.9. The number of thiazole rings is 1. The number of urea groups is 1. The average Bonchev–Trinajstić information content (AvgIpc) is 2.80. The van der Waals surface area contributed by atoms with Crippen LogP contribution in [0, 0.1) is 0 Å². The van der Waals surface area contributed by atoms with Crippen molar-refractivity contribution in [3.63, 3.8) is 0 Å². The lowest BCUT2D eigenvalue weighted by Gasteiger charge is -2.22. The van der Waals surface area contributed by atoms with Crippen molar-refractivity contribution < 1.29 is 9.53 Å². The van der Waals surface area contributed by atoms with E-state index in [0.29, 0.717) is 23.4 Å². The van der Waals surface area contributed by atoms with E-state index in [9.17, 15) is 4.79 Å². The highest BCUT2D eigenvalue weighted by atomic mass is 35.5. The summed E-state index contributed by atoms with van der Waals surface area (Å²) in [6.07, 6.45) is 1.70. The molecule has 0 radical (unpaired) electrons. The lowest BCUT2D eigenvalue weighted by Crippen LogP contribution is -2.41. The van der Waals surface area contributed by atoms with Gasteiger partial charge in [-0.2, -0.15) is 0 Å². The number of hydrogen-bond acceptors (Lipinski definition) is 4. The second kappa shape index (κ2) is 5.95. The largest absolute Gasteiger partial charge is 0.381 e. The monoisotopic (exact) mass is 311 g/mol. The Morgan fingerprint density at radius 1 is 1.40 bits per heavy atom. The smallest absolute Gasteiger partial charge is 0.321 e. The first-order valence-electron chi connectivity index (χ1n) is 6.42. The number of benzene rings is 1. The summed E-state index contributed by atoms with van der Waals surface area (Å²) >= 11 is 7.34. The molecule has 2 amide bonds. The first-order chi connectivity index (χ1) is 9.70. The maximum Gasteiger partial charge on any atom is 0.321 e. The molecular formula is C13H14ClN3O2S. The van der Waals surface area contributed by atoms with Crippen LogP contribution < -0.4 is 10.6 Å². The molecular weight excluding hydrogens is 298 g/mol. The van der Waals surface area contributed by atoms with Crippen LogP contribution in [0.3, 0.4) is 0 Å². The summed E-state index contributed by atoms with van der Waals surface area (Å²) in [4.78, 5) is 16.3. The first-order valence-corrected chi connectivity index (χ1v) is 7.61. The van der Waals surface area contributed by atoms with E-state index < -0.39 is 0 Å². The number of rotatable bonds is 2. The molecule has 2 heterocycles. The Balaban J connectivity index is 1.64. The number of carbonyl (C=O) groups is 1. The van der Waals surface area contributed by atoms with Crippen molar-refractivity contribution in [3.8, 4) is 0 Å². The number of aromatic nitrogens is 1. The molecule has 1 fully saturated rings. The molecule has 1 aliphatic heterocycles. The molecule has 20 heavy (non-hydrogen) atoms. The number of hydrogen-bond donors (Lipinski definition) is 2. The zero-order valence-corrected chi connectivity index (χ0v) is 12.3. The number of fused-ring (bicyclic) bond motifs is 1. The maximum atomic E-state index is 11.9. The molecule has 0 saturated carbocycles. The average molecular weight is 312 g/mol. The number of nitrogens with zero attached hydrogens (tertiary/aromatic N) is 1. The molecule has 2 aromatic rings. The minimum absolute atomic E-state index is 0.174. The Labute approximate surface area is 125 Å². The Morgan fingerprint density at radius 3 is 3.00 bits per heavy atom. The quantitative estimate of drug-likeness (QED) is 0.895. The van der Waals surface area contributed by atoms with Crippen molar-refractivity contribution >= 4 is 44.3 Å².